The SMILES string of the molecule is COc1cc(/C=N\NC(=O)CSc2nnc(-c3ccc(C)cc3)n2-c2ccc(Cl)cc2)ccc1O. The summed E-state index contributed by atoms with van der Waals surface area (Å²) in [6.45, 7) is 2.02. The highest BCUT2D eigenvalue weighted by Gasteiger charge is 2.17. The Bertz CT molecular complexity index is 1350. The van der Waals surface area contributed by atoms with Gasteiger partial charge in [0.15, 0.2) is 22.5 Å². The highest BCUT2D eigenvalue weighted by molar-refractivity contribution is 7.99. The van der Waals surface area contributed by atoms with Gasteiger partial charge in [0.2, 0.25) is 0 Å². The van der Waals surface area contributed by atoms with Gasteiger partial charge in [-0.15, -0.1) is 10.2 Å². The van der Waals surface area contributed by atoms with Crippen molar-refractivity contribution in [2.45, 2.75) is 12.1 Å². The van der Waals surface area contributed by atoms with Crippen LogP contribution in [0.15, 0.2) is 77.0 Å². The number of hydrazone groups is 1. The molecule has 0 unspecified atom stereocenters. The Morgan fingerprint density at radius 1 is 1.14 bits per heavy atom. The second kappa shape index (κ2) is 11.1. The minimum Gasteiger partial charge on any atom is -0.504 e. The van der Waals surface area contributed by atoms with Crippen LogP contribution in [0.25, 0.3) is 17.1 Å². The minimum atomic E-state index is -0.306. The molecule has 1 amide bonds. The van der Waals surface area contributed by atoms with Crippen LogP contribution in [0.5, 0.6) is 11.5 Å². The molecular weight excluding hydrogens is 486 g/mol. The monoisotopic (exact) mass is 507 g/mol. The number of aryl methyl sites for hydroxylation is 1. The Morgan fingerprint density at radius 2 is 1.89 bits per heavy atom. The minimum absolute atomic E-state index is 0.0277. The van der Waals surface area contributed by atoms with E-state index in [1.165, 1.54) is 31.2 Å². The first-order chi connectivity index (χ1) is 16.9. The Labute approximate surface area is 211 Å². The number of thioether (sulfide) groups is 1. The number of carbonyl (C=O) groups excluding carboxylic acids is 1. The third kappa shape index (κ3) is 6.00. The molecule has 0 radical (unpaired) electrons. The third-order valence-electron chi connectivity index (χ3n) is 4.97. The number of nitrogens with zero attached hydrogens (tertiary/aromatic N) is 4. The zero-order valence-corrected chi connectivity index (χ0v) is 20.5. The summed E-state index contributed by atoms with van der Waals surface area (Å²) >= 11 is 7.32. The first-order valence-electron chi connectivity index (χ1n) is 10.5. The number of phenolic OH excluding ortho intramolecular Hbond substituents is 1. The van der Waals surface area contributed by atoms with E-state index >= 15 is 0 Å². The smallest absolute Gasteiger partial charge is 0.250 e. The molecule has 0 atom stereocenters. The van der Waals surface area contributed by atoms with E-state index in [1.807, 2.05) is 47.9 Å². The molecule has 0 aliphatic carbocycles. The Balaban J connectivity index is 1.49. The molecule has 0 fully saturated rings. The van der Waals surface area contributed by atoms with Crippen LogP contribution in [0.1, 0.15) is 11.1 Å². The van der Waals surface area contributed by atoms with Crippen molar-refractivity contribution in [2.24, 2.45) is 5.10 Å². The van der Waals surface area contributed by atoms with Crippen molar-refractivity contribution in [3.8, 4) is 28.6 Å². The van der Waals surface area contributed by atoms with Crippen LogP contribution in [0.3, 0.4) is 0 Å². The molecule has 0 spiro atoms. The van der Waals surface area contributed by atoms with E-state index in [9.17, 15) is 9.90 Å². The van der Waals surface area contributed by atoms with E-state index in [-0.39, 0.29) is 17.4 Å². The number of methoxy groups -OCH3 is 1. The zero-order chi connectivity index (χ0) is 24.8. The van der Waals surface area contributed by atoms with Crippen LogP contribution in [-0.2, 0) is 4.79 Å². The van der Waals surface area contributed by atoms with Gasteiger partial charge in [-0.05, 0) is 55.0 Å². The lowest BCUT2D eigenvalue weighted by molar-refractivity contribution is -0.118. The molecule has 1 heterocycles. The van der Waals surface area contributed by atoms with Crippen LogP contribution in [0.2, 0.25) is 5.02 Å². The molecule has 2 N–H and O–H groups in total. The van der Waals surface area contributed by atoms with E-state index < -0.39 is 0 Å². The lowest BCUT2D eigenvalue weighted by atomic mass is 10.1. The van der Waals surface area contributed by atoms with E-state index in [0.717, 1.165) is 16.8 Å². The van der Waals surface area contributed by atoms with Gasteiger partial charge in [-0.2, -0.15) is 5.10 Å². The number of halogens is 1. The Hall–Kier alpha value is -3.82. The molecule has 0 saturated carbocycles. The number of phenols is 1. The van der Waals surface area contributed by atoms with Gasteiger partial charge in [-0.1, -0.05) is 53.2 Å². The predicted octanol–water partition coefficient (Wildman–Crippen LogP) is 4.85. The summed E-state index contributed by atoms with van der Waals surface area (Å²) in [4.78, 5) is 12.4. The number of aromatic hydroxyl groups is 1. The maximum Gasteiger partial charge on any atom is 0.250 e. The Morgan fingerprint density at radius 3 is 2.60 bits per heavy atom. The lowest BCUT2D eigenvalue weighted by Gasteiger charge is -2.10. The highest BCUT2D eigenvalue weighted by atomic mass is 35.5. The molecular formula is C25H22ClN5O3S. The van der Waals surface area contributed by atoms with Crippen molar-refractivity contribution in [3.63, 3.8) is 0 Å². The number of aromatic nitrogens is 3. The summed E-state index contributed by atoms with van der Waals surface area (Å²) in [7, 11) is 1.46. The van der Waals surface area contributed by atoms with Gasteiger partial charge in [0.05, 0.1) is 19.1 Å². The third-order valence-corrected chi connectivity index (χ3v) is 6.15. The maximum atomic E-state index is 12.4. The second-order valence-corrected chi connectivity index (χ2v) is 8.88. The highest BCUT2D eigenvalue weighted by Crippen LogP contribution is 2.29. The molecule has 0 saturated heterocycles. The number of hydrogen-bond acceptors (Lipinski definition) is 7. The van der Waals surface area contributed by atoms with Gasteiger partial charge >= 0.3 is 0 Å². The molecule has 3 aromatic carbocycles. The standard InChI is InChI=1S/C25H22ClN5O3S/c1-16-3-6-18(7-4-16)24-29-30-25(31(24)20-10-8-19(26)9-11-20)35-15-23(33)28-27-14-17-5-12-21(32)22(13-17)34-2/h3-14,32H,15H2,1-2H3,(H,28,33)/b27-14-. The topological polar surface area (TPSA) is 102 Å². The van der Waals surface area contributed by atoms with Gasteiger partial charge in [0, 0.05) is 16.3 Å². The van der Waals surface area contributed by atoms with Crippen LogP contribution in [0, 0.1) is 6.92 Å². The zero-order valence-electron chi connectivity index (χ0n) is 19.0. The number of nitrogens with one attached hydrogen (secondary N) is 1. The van der Waals surface area contributed by atoms with Crippen molar-refractivity contribution in [2.75, 3.05) is 12.9 Å². The predicted molar refractivity (Wildman–Crippen MR) is 138 cm³/mol. The quantitative estimate of drug-likeness (QED) is 0.201. The summed E-state index contributed by atoms with van der Waals surface area (Å²) in [6, 6.07) is 20.1. The molecule has 178 valence electrons. The fourth-order valence-corrected chi connectivity index (χ4v) is 4.06. The molecule has 0 aliphatic heterocycles. The number of hydrogen-bond donors (Lipinski definition) is 2. The molecule has 0 aliphatic rings. The van der Waals surface area contributed by atoms with Gasteiger partial charge < -0.3 is 9.84 Å². The summed E-state index contributed by atoms with van der Waals surface area (Å²) < 4.78 is 6.96. The first-order valence-corrected chi connectivity index (χ1v) is 11.9. The molecule has 1 aromatic heterocycles. The van der Waals surface area contributed by atoms with E-state index in [0.29, 0.717) is 27.3 Å². The lowest BCUT2D eigenvalue weighted by Crippen LogP contribution is -2.20. The largest absolute Gasteiger partial charge is 0.504 e. The summed E-state index contributed by atoms with van der Waals surface area (Å²) in [5, 5.41) is 23.5. The Kier molecular flexibility index (Phi) is 7.69. The van der Waals surface area contributed by atoms with E-state index in [1.54, 1.807) is 24.3 Å². The maximum absolute atomic E-state index is 12.4. The van der Waals surface area contributed by atoms with Crippen molar-refractivity contribution in [3.05, 3.63) is 82.9 Å². The fraction of sp³-hybridized carbons (Fsp3) is 0.120. The summed E-state index contributed by atoms with van der Waals surface area (Å²) in [5.74, 6) is 0.784. The van der Waals surface area contributed by atoms with Crippen molar-refractivity contribution in [1.82, 2.24) is 20.2 Å². The average molecular weight is 508 g/mol. The van der Waals surface area contributed by atoms with Gasteiger partial charge in [-0.25, -0.2) is 5.43 Å². The molecule has 4 aromatic rings. The van der Waals surface area contributed by atoms with E-state index in [4.69, 9.17) is 16.3 Å². The van der Waals surface area contributed by atoms with Gasteiger partial charge in [0.1, 0.15) is 0 Å². The number of amides is 1. The van der Waals surface area contributed by atoms with Crippen LogP contribution in [0.4, 0.5) is 0 Å². The summed E-state index contributed by atoms with van der Waals surface area (Å²) in [6.07, 6.45) is 1.47. The average Bonchev–Trinajstić information content (AvgIpc) is 3.28. The molecule has 10 heteroatoms. The number of carbonyl (C=O) groups is 1. The number of benzene rings is 3. The van der Waals surface area contributed by atoms with Crippen molar-refractivity contribution >= 4 is 35.5 Å². The number of ether oxygens (including phenoxy) is 1. The van der Waals surface area contributed by atoms with Crippen LogP contribution >= 0.6 is 23.4 Å². The number of rotatable bonds is 8. The molecule has 0 bridgehead atoms. The van der Waals surface area contributed by atoms with Crippen molar-refractivity contribution in [1.29, 1.82) is 0 Å². The molecule has 4 rings (SSSR count). The second-order valence-electron chi connectivity index (χ2n) is 7.50. The van der Waals surface area contributed by atoms with Gasteiger partial charge in [-0.3, -0.25) is 9.36 Å². The first kappa shape index (κ1) is 24.3. The fourth-order valence-electron chi connectivity index (χ4n) is 3.19. The summed E-state index contributed by atoms with van der Waals surface area (Å²) in [5.41, 5.74) is 6.04. The van der Waals surface area contributed by atoms with Gasteiger partial charge in [0.25, 0.3) is 5.91 Å². The molecule has 35 heavy (non-hydrogen) atoms. The van der Waals surface area contributed by atoms with E-state index in [2.05, 4.69) is 20.7 Å². The molecule has 8 nitrogen and oxygen atoms in total. The van der Waals surface area contributed by atoms with Crippen molar-refractivity contribution < 1.29 is 14.6 Å². The van der Waals surface area contributed by atoms with Crippen LogP contribution < -0.4 is 10.2 Å². The normalized spacial score (nSPS) is 11.1. The van der Waals surface area contributed by atoms with Crippen LogP contribution in [-0.4, -0.2) is 44.9 Å².